The van der Waals surface area contributed by atoms with Crippen LogP contribution in [0.25, 0.3) is 0 Å². The van der Waals surface area contributed by atoms with E-state index in [1.807, 2.05) is 0 Å². The second-order valence-electron chi connectivity index (χ2n) is 5.08. The zero-order valence-electron chi connectivity index (χ0n) is 10.4. The van der Waals surface area contributed by atoms with Crippen LogP contribution in [0.5, 0.6) is 0 Å². The summed E-state index contributed by atoms with van der Waals surface area (Å²) in [6.45, 7) is 3.07. The monoisotopic (exact) mass is 249 g/mol. The summed E-state index contributed by atoms with van der Waals surface area (Å²) in [7, 11) is 0. The van der Waals surface area contributed by atoms with Gasteiger partial charge < -0.3 is 9.64 Å². The molecule has 4 heteroatoms. The van der Waals surface area contributed by atoms with Crippen LogP contribution in [0.1, 0.15) is 30.1 Å². The van der Waals surface area contributed by atoms with Crippen LogP contribution in [0.15, 0.2) is 18.2 Å². The number of anilines is 1. The maximum atomic E-state index is 13.2. The molecule has 2 unspecified atom stereocenters. The van der Waals surface area contributed by atoms with Gasteiger partial charge in [0.25, 0.3) is 0 Å². The number of ketones is 1. The van der Waals surface area contributed by atoms with Crippen molar-refractivity contribution in [2.24, 2.45) is 0 Å². The molecule has 18 heavy (non-hydrogen) atoms. The minimum Gasteiger partial charge on any atom is -0.371 e. The highest BCUT2D eigenvalue weighted by atomic mass is 19.1. The minimum absolute atomic E-state index is 0.0941. The molecule has 96 valence electrons. The Bertz CT molecular complexity index is 477. The first kappa shape index (κ1) is 11.7. The number of hydrogen-bond acceptors (Lipinski definition) is 3. The van der Waals surface area contributed by atoms with E-state index in [9.17, 15) is 9.18 Å². The van der Waals surface area contributed by atoms with Crippen molar-refractivity contribution in [1.82, 2.24) is 0 Å². The van der Waals surface area contributed by atoms with Gasteiger partial charge in [0.15, 0.2) is 5.78 Å². The quantitative estimate of drug-likeness (QED) is 0.754. The third kappa shape index (κ3) is 2.01. The molecule has 2 aliphatic heterocycles. The lowest BCUT2D eigenvalue weighted by Crippen LogP contribution is -2.43. The lowest BCUT2D eigenvalue weighted by Gasteiger charge is -2.34. The zero-order chi connectivity index (χ0) is 12.7. The van der Waals surface area contributed by atoms with Gasteiger partial charge in [-0.3, -0.25) is 4.79 Å². The fourth-order valence-electron chi connectivity index (χ4n) is 2.88. The van der Waals surface area contributed by atoms with Gasteiger partial charge in [-0.25, -0.2) is 4.39 Å². The lowest BCUT2D eigenvalue weighted by molar-refractivity contribution is 0.0304. The lowest BCUT2D eigenvalue weighted by atomic mass is 10.1. The fourth-order valence-corrected chi connectivity index (χ4v) is 2.88. The molecule has 0 spiro atoms. The molecule has 2 fully saturated rings. The van der Waals surface area contributed by atoms with E-state index in [0.717, 1.165) is 31.6 Å². The van der Waals surface area contributed by atoms with E-state index >= 15 is 0 Å². The molecule has 2 heterocycles. The summed E-state index contributed by atoms with van der Waals surface area (Å²) in [5.74, 6) is -0.455. The van der Waals surface area contributed by atoms with E-state index in [0.29, 0.717) is 5.56 Å². The Kier molecular flexibility index (Phi) is 2.82. The first-order valence-electron chi connectivity index (χ1n) is 6.34. The van der Waals surface area contributed by atoms with Crippen molar-refractivity contribution in [1.29, 1.82) is 0 Å². The van der Waals surface area contributed by atoms with Gasteiger partial charge in [0.05, 0.1) is 12.2 Å². The number of carbonyl (C=O) groups excluding carboxylic acids is 1. The van der Waals surface area contributed by atoms with Crippen molar-refractivity contribution < 1.29 is 13.9 Å². The van der Waals surface area contributed by atoms with Gasteiger partial charge in [-0.1, -0.05) is 0 Å². The molecule has 2 aliphatic rings. The topological polar surface area (TPSA) is 29.5 Å². The highest BCUT2D eigenvalue weighted by Gasteiger charge is 2.34. The van der Waals surface area contributed by atoms with E-state index in [2.05, 4.69) is 4.90 Å². The predicted octanol–water partition coefficient (Wildman–Crippen LogP) is 2.40. The van der Waals surface area contributed by atoms with Gasteiger partial charge >= 0.3 is 0 Å². The molecule has 2 bridgehead atoms. The van der Waals surface area contributed by atoms with Crippen LogP contribution in [0.4, 0.5) is 10.1 Å². The first-order valence-corrected chi connectivity index (χ1v) is 6.34. The van der Waals surface area contributed by atoms with Crippen molar-refractivity contribution in [2.75, 3.05) is 18.0 Å². The molecule has 3 rings (SSSR count). The van der Waals surface area contributed by atoms with Crippen molar-refractivity contribution in [3.8, 4) is 0 Å². The van der Waals surface area contributed by atoms with Crippen LogP contribution >= 0.6 is 0 Å². The number of morpholine rings is 1. The standard InChI is InChI=1S/C14H16FNO2/c1-9(17)13-6-10(15)2-5-14(13)16-7-11-3-4-12(8-16)18-11/h2,5-6,11-12H,3-4,7-8H2,1H3. The Labute approximate surface area is 106 Å². The fraction of sp³-hybridized carbons (Fsp3) is 0.500. The van der Waals surface area contributed by atoms with Crippen LogP contribution in [-0.2, 0) is 4.74 Å². The van der Waals surface area contributed by atoms with Crippen molar-refractivity contribution in [3.63, 3.8) is 0 Å². The van der Waals surface area contributed by atoms with Crippen LogP contribution in [0.2, 0.25) is 0 Å². The summed E-state index contributed by atoms with van der Waals surface area (Å²) in [5, 5.41) is 0. The molecule has 1 aromatic rings. The summed E-state index contributed by atoms with van der Waals surface area (Å²) in [5.41, 5.74) is 1.31. The van der Waals surface area contributed by atoms with Gasteiger partial charge in [0.1, 0.15) is 5.82 Å². The zero-order valence-corrected chi connectivity index (χ0v) is 10.4. The molecule has 1 aromatic carbocycles. The van der Waals surface area contributed by atoms with Crippen molar-refractivity contribution in [3.05, 3.63) is 29.6 Å². The van der Waals surface area contributed by atoms with Crippen LogP contribution in [0, 0.1) is 5.82 Å². The number of benzene rings is 1. The maximum Gasteiger partial charge on any atom is 0.161 e. The van der Waals surface area contributed by atoms with Gasteiger partial charge in [-0.15, -0.1) is 0 Å². The summed E-state index contributed by atoms with van der Waals surface area (Å²) >= 11 is 0. The maximum absolute atomic E-state index is 13.2. The molecule has 3 nitrogen and oxygen atoms in total. The molecule has 0 N–H and O–H groups in total. The summed E-state index contributed by atoms with van der Waals surface area (Å²) in [4.78, 5) is 13.8. The molecular formula is C14H16FNO2. The first-order chi connectivity index (χ1) is 8.63. The highest BCUT2D eigenvalue weighted by Crippen LogP contribution is 2.31. The Hall–Kier alpha value is -1.42. The van der Waals surface area contributed by atoms with Gasteiger partial charge in [-0.2, -0.15) is 0 Å². The van der Waals surface area contributed by atoms with E-state index in [4.69, 9.17) is 4.74 Å². The molecule has 2 saturated heterocycles. The molecular weight excluding hydrogens is 233 g/mol. The van der Waals surface area contributed by atoms with E-state index in [-0.39, 0.29) is 23.8 Å². The minimum atomic E-state index is -0.361. The Morgan fingerprint density at radius 1 is 1.33 bits per heavy atom. The average molecular weight is 249 g/mol. The van der Waals surface area contributed by atoms with E-state index < -0.39 is 0 Å². The number of ether oxygens (including phenoxy) is 1. The van der Waals surface area contributed by atoms with Gasteiger partial charge in [0, 0.05) is 24.3 Å². The largest absolute Gasteiger partial charge is 0.371 e. The summed E-state index contributed by atoms with van der Waals surface area (Å²) in [6.07, 6.45) is 2.68. The third-order valence-electron chi connectivity index (χ3n) is 3.72. The van der Waals surface area contributed by atoms with Crippen LogP contribution < -0.4 is 4.90 Å². The Morgan fingerprint density at radius 3 is 2.61 bits per heavy atom. The number of nitrogens with zero attached hydrogens (tertiary/aromatic N) is 1. The second-order valence-corrected chi connectivity index (χ2v) is 5.08. The Balaban J connectivity index is 1.94. The smallest absolute Gasteiger partial charge is 0.161 e. The molecule has 0 aliphatic carbocycles. The number of carbonyl (C=O) groups is 1. The summed E-state index contributed by atoms with van der Waals surface area (Å²) < 4.78 is 19.0. The molecule has 2 atom stereocenters. The highest BCUT2D eigenvalue weighted by molar-refractivity contribution is 5.99. The number of hydrogen-bond donors (Lipinski definition) is 0. The molecule has 0 radical (unpaired) electrons. The van der Waals surface area contributed by atoms with E-state index in [1.54, 1.807) is 6.07 Å². The number of fused-ring (bicyclic) bond motifs is 2. The summed E-state index contributed by atoms with van der Waals surface area (Å²) in [6, 6.07) is 4.45. The Morgan fingerprint density at radius 2 is 2.00 bits per heavy atom. The van der Waals surface area contributed by atoms with Gasteiger partial charge in [-0.05, 0) is 38.0 Å². The average Bonchev–Trinajstić information content (AvgIpc) is 2.68. The normalized spacial score (nSPS) is 26.4. The van der Waals surface area contributed by atoms with Crippen LogP contribution in [0.3, 0.4) is 0 Å². The predicted molar refractivity (Wildman–Crippen MR) is 66.5 cm³/mol. The van der Waals surface area contributed by atoms with Crippen LogP contribution in [-0.4, -0.2) is 31.1 Å². The van der Waals surface area contributed by atoms with Crippen molar-refractivity contribution >= 4 is 11.5 Å². The van der Waals surface area contributed by atoms with Crippen molar-refractivity contribution in [2.45, 2.75) is 32.0 Å². The number of Topliss-reactive ketones (excluding diaryl/α,β-unsaturated/α-hetero) is 1. The molecule has 0 aromatic heterocycles. The SMILES string of the molecule is CC(=O)c1cc(F)ccc1N1CC2CCC(C1)O2. The van der Waals surface area contributed by atoms with Gasteiger partial charge in [0.2, 0.25) is 0 Å². The second kappa shape index (κ2) is 4.35. The number of rotatable bonds is 2. The number of halogens is 1. The molecule has 0 amide bonds. The third-order valence-corrected chi connectivity index (χ3v) is 3.72. The van der Waals surface area contributed by atoms with E-state index in [1.165, 1.54) is 19.1 Å². The molecule has 0 saturated carbocycles.